The molecule has 3 rings (SSSR count). The molecule has 1 amide bonds. The van der Waals surface area contributed by atoms with Crippen molar-refractivity contribution in [3.63, 3.8) is 0 Å². The molecule has 0 aliphatic rings. The highest BCUT2D eigenvalue weighted by atomic mass is 127. The first-order valence-corrected chi connectivity index (χ1v) is 7.77. The Labute approximate surface area is 141 Å². The average Bonchev–Trinajstić information content (AvgIpc) is 3.04. The number of carbonyl (C=O) groups is 1. The number of hydrazone groups is 1. The molecule has 0 aliphatic heterocycles. The van der Waals surface area contributed by atoms with E-state index in [0.717, 1.165) is 13.6 Å². The van der Waals surface area contributed by atoms with Crippen molar-refractivity contribution in [3.05, 3.63) is 56.2 Å². The van der Waals surface area contributed by atoms with Crippen molar-refractivity contribution >= 4 is 61.6 Å². The van der Waals surface area contributed by atoms with Gasteiger partial charge in [-0.2, -0.15) is 5.10 Å². The Hall–Kier alpha value is -1.61. The van der Waals surface area contributed by atoms with E-state index in [1.807, 2.05) is 12.1 Å². The fourth-order valence-electron chi connectivity index (χ4n) is 1.73. The Morgan fingerprint density at radius 3 is 2.86 bits per heavy atom. The van der Waals surface area contributed by atoms with Crippen LogP contribution in [-0.4, -0.2) is 12.1 Å². The van der Waals surface area contributed by atoms with Gasteiger partial charge in [0.2, 0.25) is 0 Å². The third-order valence-electron chi connectivity index (χ3n) is 2.65. The van der Waals surface area contributed by atoms with Gasteiger partial charge in [0.05, 0.1) is 6.21 Å². The molecule has 0 radical (unpaired) electrons. The average molecular weight is 459 g/mol. The summed E-state index contributed by atoms with van der Waals surface area (Å²) in [5, 5.41) is 4.67. The molecular weight excluding hydrogens is 451 g/mol. The molecule has 2 heterocycles. The number of furan rings is 2. The lowest BCUT2D eigenvalue weighted by atomic mass is 10.2. The zero-order valence-corrected chi connectivity index (χ0v) is 14.2. The first kappa shape index (κ1) is 14.3. The summed E-state index contributed by atoms with van der Waals surface area (Å²) in [6.45, 7) is 0. The number of rotatable bonds is 3. The van der Waals surface area contributed by atoms with Gasteiger partial charge in [-0.3, -0.25) is 4.79 Å². The number of carbonyl (C=O) groups excluding carboxylic acids is 1. The molecule has 0 spiro atoms. The van der Waals surface area contributed by atoms with Crippen LogP contribution in [0.3, 0.4) is 0 Å². The highest BCUT2D eigenvalue weighted by Crippen LogP contribution is 2.23. The molecule has 0 saturated carbocycles. The van der Waals surface area contributed by atoms with Gasteiger partial charge in [0, 0.05) is 9.86 Å². The molecule has 0 atom stereocenters. The number of nitrogens with zero attached hydrogens (tertiary/aromatic N) is 1. The molecule has 2 aromatic heterocycles. The number of halogens is 2. The summed E-state index contributed by atoms with van der Waals surface area (Å²) in [5.74, 6) is 0.349. The van der Waals surface area contributed by atoms with E-state index in [1.54, 1.807) is 24.3 Å². The van der Waals surface area contributed by atoms with E-state index in [1.165, 1.54) is 6.21 Å². The predicted octanol–water partition coefficient (Wildman–Crippen LogP) is 4.16. The minimum atomic E-state index is -0.417. The number of benzene rings is 1. The lowest BCUT2D eigenvalue weighted by Gasteiger charge is -1.93. The highest BCUT2D eigenvalue weighted by Gasteiger charge is 2.11. The first-order chi connectivity index (χ1) is 10.1. The molecule has 0 saturated heterocycles. The molecule has 1 N–H and O–H groups in total. The molecule has 0 unspecified atom stereocenters. The molecule has 0 bridgehead atoms. The third kappa shape index (κ3) is 3.35. The van der Waals surface area contributed by atoms with Gasteiger partial charge in [-0.05, 0) is 59.0 Å². The molecule has 3 aromatic rings. The van der Waals surface area contributed by atoms with Gasteiger partial charge in [0.15, 0.2) is 9.53 Å². The topological polar surface area (TPSA) is 67.7 Å². The summed E-state index contributed by atoms with van der Waals surface area (Å²) in [5.41, 5.74) is 3.04. The van der Waals surface area contributed by atoms with Crippen LogP contribution >= 0.6 is 38.5 Å². The van der Waals surface area contributed by atoms with E-state index < -0.39 is 5.91 Å². The minimum Gasteiger partial charge on any atom is -0.451 e. The Balaban J connectivity index is 1.73. The highest BCUT2D eigenvalue weighted by molar-refractivity contribution is 14.1. The van der Waals surface area contributed by atoms with Gasteiger partial charge >= 0.3 is 5.91 Å². The van der Waals surface area contributed by atoms with Gasteiger partial charge in [-0.1, -0.05) is 15.9 Å². The Morgan fingerprint density at radius 1 is 1.24 bits per heavy atom. The minimum absolute atomic E-state index is 0.203. The fraction of sp³-hybridized carbons (Fsp3) is 0. The summed E-state index contributed by atoms with van der Waals surface area (Å²) in [6, 6.07) is 10.8. The van der Waals surface area contributed by atoms with Gasteiger partial charge in [0.1, 0.15) is 11.3 Å². The van der Waals surface area contributed by atoms with Crippen LogP contribution in [0.25, 0.3) is 11.0 Å². The third-order valence-corrected chi connectivity index (χ3v) is 3.73. The first-order valence-electron chi connectivity index (χ1n) is 5.90. The SMILES string of the molecule is O=C(NN=Cc1ccc(I)o1)c1cc2cc(Br)ccc2o1. The molecule has 0 aliphatic carbocycles. The largest absolute Gasteiger partial charge is 0.451 e. The van der Waals surface area contributed by atoms with Crippen LogP contribution in [0.4, 0.5) is 0 Å². The number of hydrogen-bond acceptors (Lipinski definition) is 4. The van der Waals surface area contributed by atoms with Crippen LogP contribution in [0.15, 0.2) is 54.8 Å². The van der Waals surface area contributed by atoms with Crippen molar-refractivity contribution in [2.75, 3.05) is 0 Å². The number of amides is 1. The maximum atomic E-state index is 11.9. The van der Waals surface area contributed by atoms with Crippen molar-refractivity contribution in [1.29, 1.82) is 0 Å². The van der Waals surface area contributed by atoms with Gasteiger partial charge in [-0.25, -0.2) is 5.43 Å². The van der Waals surface area contributed by atoms with Crippen molar-refractivity contribution in [1.82, 2.24) is 5.43 Å². The van der Waals surface area contributed by atoms with Crippen molar-refractivity contribution in [3.8, 4) is 0 Å². The van der Waals surface area contributed by atoms with Crippen LogP contribution in [0.1, 0.15) is 16.3 Å². The van der Waals surface area contributed by atoms with Crippen LogP contribution in [-0.2, 0) is 0 Å². The molecule has 1 aromatic carbocycles. The van der Waals surface area contributed by atoms with Crippen LogP contribution in [0.2, 0.25) is 0 Å². The smallest absolute Gasteiger partial charge is 0.307 e. The van der Waals surface area contributed by atoms with Gasteiger partial charge < -0.3 is 8.83 Å². The zero-order valence-electron chi connectivity index (χ0n) is 10.5. The summed E-state index contributed by atoms with van der Waals surface area (Å²) in [7, 11) is 0. The maximum absolute atomic E-state index is 11.9. The summed E-state index contributed by atoms with van der Waals surface area (Å²) in [4.78, 5) is 11.9. The normalized spacial score (nSPS) is 11.3. The number of hydrogen-bond donors (Lipinski definition) is 1. The molecule has 7 heteroatoms. The van der Waals surface area contributed by atoms with Gasteiger partial charge in [0.25, 0.3) is 0 Å². The van der Waals surface area contributed by atoms with E-state index in [4.69, 9.17) is 8.83 Å². The lowest BCUT2D eigenvalue weighted by molar-refractivity contribution is 0.0929. The Kier molecular flexibility index (Phi) is 4.11. The van der Waals surface area contributed by atoms with Gasteiger partial charge in [-0.15, -0.1) is 0 Å². The van der Waals surface area contributed by atoms with E-state index in [0.29, 0.717) is 11.3 Å². The predicted molar refractivity (Wildman–Crippen MR) is 90.4 cm³/mol. The van der Waals surface area contributed by atoms with Crippen LogP contribution in [0.5, 0.6) is 0 Å². The molecular formula is C14H8BrIN2O3. The summed E-state index contributed by atoms with van der Waals surface area (Å²) >= 11 is 5.42. The molecule has 0 fully saturated rings. The molecule has 21 heavy (non-hydrogen) atoms. The Bertz CT molecular complexity index is 838. The van der Waals surface area contributed by atoms with E-state index in [9.17, 15) is 4.79 Å². The van der Waals surface area contributed by atoms with E-state index in [2.05, 4.69) is 49.0 Å². The second-order valence-electron chi connectivity index (χ2n) is 4.13. The number of fused-ring (bicyclic) bond motifs is 1. The van der Waals surface area contributed by atoms with E-state index in [-0.39, 0.29) is 5.76 Å². The lowest BCUT2D eigenvalue weighted by Crippen LogP contribution is -2.16. The summed E-state index contributed by atoms with van der Waals surface area (Å²) < 4.78 is 12.4. The molecule has 5 nitrogen and oxygen atoms in total. The monoisotopic (exact) mass is 458 g/mol. The second kappa shape index (κ2) is 6.02. The zero-order chi connectivity index (χ0) is 14.8. The second-order valence-corrected chi connectivity index (χ2v) is 6.11. The molecule has 106 valence electrons. The van der Waals surface area contributed by atoms with Crippen molar-refractivity contribution in [2.24, 2.45) is 5.10 Å². The Morgan fingerprint density at radius 2 is 2.10 bits per heavy atom. The standard InChI is InChI=1S/C14H8BrIN2O3/c15-9-1-3-11-8(5-9)6-12(21-11)14(19)18-17-7-10-2-4-13(16)20-10/h1-7H,(H,18,19). The quantitative estimate of drug-likeness (QED) is 0.364. The van der Waals surface area contributed by atoms with E-state index >= 15 is 0 Å². The van der Waals surface area contributed by atoms with Crippen LogP contribution < -0.4 is 5.43 Å². The van der Waals surface area contributed by atoms with Crippen LogP contribution in [0, 0.1) is 3.77 Å². The van der Waals surface area contributed by atoms with Crippen molar-refractivity contribution < 1.29 is 13.6 Å². The number of nitrogens with one attached hydrogen (secondary N) is 1. The van der Waals surface area contributed by atoms with Crippen molar-refractivity contribution in [2.45, 2.75) is 0 Å². The maximum Gasteiger partial charge on any atom is 0.307 e. The fourth-order valence-corrected chi connectivity index (χ4v) is 2.55. The summed E-state index contributed by atoms with van der Waals surface area (Å²) in [6.07, 6.45) is 1.43.